The van der Waals surface area contributed by atoms with E-state index in [1.165, 1.54) is 0 Å². The third-order valence-electron chi connectivity index (χ3n) is 2.76. The monoisotopic (exact) mass is 292 g/mol. The van der Waals surface area contributed by atoms with E-state index in [4.69, 9.17) is 10.7 Å². The number of methoxy groups -OCH3 is 1. The van der Waals surface area contributed by atoms with Crippen LogP contribution in [0.5, 0.6) is 0 Å². The van der Waals surface area contributed by atoms with Gasteiger partial charge >= 0.3 is 5.97 Å². The van der Waals surface area contributed by atoms with Crippen LogP contribution < -0.4 is 0 Å². The van der Waals surface area contributed by atoms with Crippen LogP contribution in [0.4, 0.5) is 4.39 Å². The van der Waals surface area contributed by atoms with Crippen LogP contribution >= 0.6 is 10.7 Å². The predicted octanol–water partition coefficient (Wildman–Crippen LogP) is 2.42. The molecule has 7 heteroatoms. The van der Waals surface area contributed by atoms with Gasteiger partial charge in [0.25, 0.3) is 9.05 Å². The van der Waals surface area contributed by atoms with Crippen molar-refractivity contribution in [3.05, 3.63) is 29.1 Å². The lowest BCUT2D eigenvalue weighted by molar-refractivity contribution is 0.0600. The lowest BCUT2D eigenvalue weighted by Gasteiger charge is -2.09. The zero-order valence-corrected chi connectivity index (χ0v) is 11.0. The highest BCUT2D eigenvalue weighted by molar-refractivity contribution is 8.13. The molecule has 0 heterocycles. The zero-order valence-electron chi connectivity index (χ0n) is 9.44. The second-order valence-electron chi connectivity index (χ2n) is 4.07. The molecule has 0 amide bonds. The minimum Gasteiger partial charge on any atom is -0.465 e. The Morgan fingerprint density at radius 3 is 2.50 bits per heavy atom. The van der Waals surface area contributed by atoms with Gasteiger partial charge in [-0.25, -0.2) is 17.6 Å². The Labute approximate surface area is 108 Å². The van der Waals surface area contributed by atoms with Gasteiger partial charge in [0.2, 0.25) is 0 Å². The molecule has 0 bridgehead atoms. The second-order valence-corrected chi connectivity index (χ2v) is 6.61. The van der Waals surface area contributed by atoms with Crippen LogP contribution in [-0.4, -0.2) is 21.5 Å². The molecule has 0 aliphatic heterocycles. The molecule has 2 rings (SSSR count). The summed E-state index contributed by atoms with van der Waals surface area (Å²) in [5.74, 6) is -1.68. The first-order chi connectivity index (χ1) is 8.34. The molecule has 1 aromatic rings. The predicted molar refractivity (Wildman–Crippen MR) is 62.8 cm³/mol. The molecule has 18 heavy (non-hydrogen) atoms. The molecule has 1 fully saturated rings. The molecule has 4 nitrogen and oxygen atoms in total. The molecule has 1 saturated carbocycles. The third-order valence-corrected chi connectivity index (χ3v) is 4.12. The Bertz CT molecular complexity index is 608. The number of ether oxygens (including phenoxy) is 1. The smallest absolute Gasteiger partial charge is 0.337 e. The van der Waals surface area contributed by atoms with Gasteiger partial charge in [0, 0.05) is 16.2 Å². The maximum Gasteiger partial charge on any atom is 0.337 e. The molecule has 0 spiro atoms. The molecular weight excluding hydrogens is 283 g/mol. The number of rotatable bonds is 3. The van der Waals surface area contributed by atoms with Crippen molar-refractivity contribution in [1.29, 1.82) is 0 Å². The maximum absolute atomic E-state index is 13.9. The van der Waals surface area contributed by atoms with E-state index in [1.54, 1.807) is 0 Å². The first-order valence-electron chi connectivity index (χ1n) is 5.21. The van der Waals surface area contributed by atoms with Gasteiger partial charge in [-0.3, -0.25) is 0 Å². The summed E-state index contributed by atoms with van der Waals surface area (Å²) in [6.45, 7) is 0. The van der Waals surface area contributed by atoms with Gasteiger partial charge in [0.1, 0.15) is 5.82 Å². The number of halogens is 2. The largest absolute Gasteiger partial charge is 0.465 e. The summed E-state index contributed by atoms with van der Waals surface area (Å²) in [6, 6.07) is 2.04. The first-order valence-corrected chi connectivity index (χ1v) is 7.52. The van der Waals surface area contributed by atoms with Crippen molar-refractivity contribution in [1.82, 2.24) is 0 Å². The van der Waals surface area contributed by atoms with Gasteiger partial charge in [-0.15, -0.1) is 0 Å². The second kappa shape index (κ2) is 4.51. The summed E-state index contributed by atoms with van der Waals surface area (Å²) >= 11 is 0. The molecule has 1 aromatic carbocycles. The minimum atomic E-state index is -4.10. The van der Waals surface area contributed by atoms with E-state index < -0.39 is 20.8 Å². The molecular formula is C11H10ClFO4S. The number of carbonyl (C=O) groups is 1. The molecule has 0 radical (unpaired) electrons. The van der Waals surface area contributed by atoms with Crippen LogP contribution in [-0.2, 0) is 13.8 Å². The Morgan fingerprint density at radius 1 is 1.44 bits per heavy atom. The van der Waals surface area contributed by atoms with Crippen LogP contribution in [0, 0.1) is 5.82 Å². The molecule has 1 aliphatic carbocycles. The van der Waals surface area contributed by atoms with Crippen molar-refractivity contribution in [2.75, 3.05) is 7.11 Å². The van der Waals surface area contributed by atoms with Crippen molar-refractivity contribution in [3.8, 4) is 0 Å². The Balaban J connectivity index is 2.66. The maximum atomic E-state index is 13.9. The molecule has 0 unspecified atom stereocenters. The molecule has 0 atom stereocenters. The number of esters is 1. The number of carbonyl (C=O) groups excluding carboxylic acids is 1. The molecule has 0 N–H and O–H groups in total. The molecule has 98 valence electrons. The Kier molecular flexibility index (Phi) is 3.33. The van der Waals surface area contributed by atoms with Gasteiger partial charge in [-0.05, 0) is 30.9 Å². The molecule has 0 saturated heterocycles. The van der Waals surface area contributed by atoms with E-state index in [0.29, 0.717) is 12.8 Å². The van der Waals surface area contributed by atoms with Crippen molar-refractivity contribution in [2.24, 2.45) is 0 Å². The van der Waals surface area contributed by atoms with E-state index in [1.807, 2.05) is 0 Å². The zero-order chi connectivity index (χ0) is 13.5. The van der Waals surface area contributed by atoms with Crippen molar-refractivity contribution < 1.29 is 22.3 Å². The fourth-order valence-electron chi connectivity index (χ4n) is 1.80. The quantitative estimate of drug-likeness (QED) is 0.634. The topological polar surface area (TPSA) is 60.4 Å². The minimum absolute atomic E-state index is 0.0673. The number of hydrogen-bond donors (Lipinski definition) is 0. The lowest BCUT2D eigenvalue weighted by atomic mass is 10.1. The lowest BCUT2D eigenvalue weighted by Crippen LogP contribution is -2.07. The van der Waals surface area contributed by atoms with Crippen molar-refractivity contribution >= 4 is 25.7 Å². The average molecular weight is 293 g/mol. The summed E-state index contributed by atoms with van der Waals surface area (Å²) in [5, 5.41) is 0. The van der Waals surface area contributed by atoms with Crippen molar-refractivity contribution in [2.45, 2.75) is 23.7 Å². The van der Waals surface area contributed by atoms with Crippen LogP contribution in [0.25, 0.3) is 0 Å². The highest BCUT2D eigenvalue weighted by Crippen LogP contribution is 2.45. The van der Waals surface area contributed by atoms with Crippen LogP contribution in [0.15, 0.2) is 17.0 Å². The van der Waals surface area contributed by atoms with Crippen LogP contribution in [0.1, 0.15) is 34.7 Å². The summed E-state index contributed by atoms with van der Waals surface area (Å²) in [5.41, 5.74) is -0.101. The first kappa shape index (κ1) is 13.3. The highest BCUT2D eigenvalue weighted by atomic mass is 35.7. The van der Waals surface area contributed by atoms with Gasteiger partial charge in [0.15, 0.2) is 0 Å². The van der Waals surface area contributed by atoms with Crippen molar-refractivity contribution in [3.63, 3.8) is 0 Å². The average Bonchev–Trinajstić information content (AvgIpc) is 3.09. The van der Waals surface area contributed by atoms with Gasteiger partial charge in [-0.1, -0.05) is 0 Å². The standard InChI is InChI=1S/C11H10ClFO4S/c1-17-11(14)7-4-8(13)10(6-2-3-6)9(5-7)18(12,15)16/h4-6H,2-3H2,1H3. The van der Waals surface area contributed by atoms with Gasteiger partial charge < -0.3 is 4.74 Å². The highest BCUT2D eigenvalue weighted by Gasteiger charge is 2.33. The van der Waals surface area contributed by atoms with Crippen LogP contribution in [0.2, 0.25) is 0 Å². The van der Waals surface area contributed by atoms with E-state index >= 15 is 0 Å². The number of hydrogen-bond acceptors (Lipinski definition) is 4. The summed E-state index contributed by atoms with van der Waals surface area (Å²) in [6.07, 6.45) is 1.43. The fraction of sp³-hybridized carbons (Fsp3) is 0.364. The molecule has 1 aliphatic rings. The van der Waals surface area contributed by atoms with E-state index in [9.17, 15) is 17.6 Å². The number of benzene rings is 1. The normalized spacial score (nSPS) is 15.5. The fourth-order valence-corrected chi connectivity index (χ4v) is 2.98. The summed E-state index contributed by atoms with van der Waals surface area (Å²) in [4.78, 5) is 11.0. The summed E-state index contributed by atoms with van der Waals surface area (Å²) in [7, 11) is 2.31. The third kappa shape index (κ3) is 2.49. The van der Waals surface area contributed by atoms with Gasteiger partial charge in [0.05, 0.1) is 17.6 Å². The van der Waals surface area contributed by atoms with E-state index in [2.05, 4.69) is 4.74 Å². The Hall–Kier alpha value is -1.14. The summed E-state index contributed by atoms with van der Waals surface area (Å²) < 4.78 is 41.2. The van der Waals surface area contributed by atoms with E-state index in [-0.39, 0.29) is 21.9 Å². The van der Waals surface area contributed by atoms with Crippen LogP contribution in [0.3, 0.4) is 0 Å². The van der Waals surface area contributed by atoms with E-state index in [0.717, 1.165) is 19.2 Å². The SMILES string of the molecule is COC(=O)c1cc(F)c(C2CC2)c(S(=O)(=O)Cl)c1. The molecule has 0 aromatic heterocycles. The Morgan fingerprint density at radius 2 is 2.06 bits per heavy atom. The van der Waals surface area contributed by atoms with Gasteiger partial charge in [-0.2, -0.15) is 0 Å².